The number of hydrogen-bond acceptors (Lipinski definition) is 2. The molecule has 1 unspecified atom stereocenters. The van der Waals surface area contributed by atoms with Crippen LogP contribution in [0.3, 0.4) is 0 Å². The van der Waals surface area contributed by atoms with Gasteiger partial charge in [-0.2, -0.15) is 0 Å². The molecule has 1 atom stereocenters. The summed E-state index contributed by atoms with van der Waals surface area (Å²) >= 11 is 0. The molecule has 24 heavy (non-hydrogen) atoms. The second-order valence-electron chi connectivity index (χ2n) is 6.36. The lowest BCUT2D eigenvalue weighted by atomic mass is 9.63. The first-order chi connectivity index (χ1) is 11.6. The van der Waals surface area contributed by atoms with E-state index < -0.39 is 17.4 Å². The molecule has 0 aromatic heterocycles. The van der Waals surface area contributed by atoms with E-state index >= 15 is 0 Å². The predicted molar refractivity (Wildman–Crippen MR) is 91.7 cm³/mol. The van der Waals surface area contributed by atoms with Gasteiger partial charge in [-0.25, -0.2) is 4.79 Å². The highest BCUT2D eigenvalue weighted by Crippen LogP contribution is 2.44. The van der Waals surface area contributed by atoms with Crippen molar-refractivity contribution in [1.82, 2.24) is 5.32 Å². The van der Waals surface area contributed by atoms with Crippen LogP contribution in [-0.4, -0.2) is 23.0 Å². The van der Waals surface area contributed by atoms with Gasteiger partial charge in [0.1, 0.15) is 6.04 Å². The van der Waals surface area contributed by atoms with Crippen molar-refractivity contribution >= 4 is 11.9 Å². The molecule has 2 N–H and O–H groups in total. The van der Waals surface area contributed by atoms with Crippen LogP contribution < -0.4 is 5.32 Å². The molecule has 1 saturated carbocycles. The highest BCUT2D eigenvalue weighted by atomic mass is 16.4. The molecule has 0 saturated heterocycles. The van der Waals surface area contributed by atoms with Crippen molar-refractivity contribution in [1.29, 1.82) is 0 Å². The van der Waals surface area contributed by atoms with E-state index in [2.05, 4.69) is 5.32 Å². The average molecular weight is 323 g/mol. The molecule has 0 heterocycles. The maximum atomic E-state index is 12.9. The van der Waals surface area contributed by atoms with Crippen molar-refractivity contribution in [3.05, 3.63) is 71.8 Å². The van der Waals surface area contributed by atoms with Crippen molar-refractivity contribution in [3.63, 3.8) is 0 Å². The van der Waals surface area contributed by atoms with Gasteiger partial charge in [-0.1, -0.05) is 67.1 Å². The Labute approximate surface area is 141 Å². The fourth-order valence-corrected chi connectivity index (χ4v) is 3.28. The van der Waals surface area contributed by atoms with Crippen molar-refractivity contribution in [2.75, 3.05) is 0 Å². The molecule has 4 heteroatoms. The van der Waals surface area contributed by atoms with Gasteiger partial charge in [-0.3, -0.25) is 4.79 Å². The van der Waals surface area contributed by atoms with E-state index in [1.165, 1.54) is 0 Å². The van der Waals surface area contributed by atoms with Crippen molar-refractivity contribution in [2.45, 2.75) is 37.1 Å². The largest absolute Gasteiger partial charge is 0.480 e. The Morgan fingerprint density at radius 2 is 1.58 bits per heavy atom. The Morgan fingerprint density at radius 3 is 2.08 bits per heavy atom. The molecule has 2 aromatic carbocycles. The Morgan fingerprint density at radius 1 is 1.00 bits per heavy atom. The number of aliphatic carboxylic acids is 1. The van der Waals surface area contributed by atoms with Crippen LogP contribution >= 0.6 is 0 Å². The van der Waals surface area contributed by atoms with Crippen LogP contribution in [0.4, 0.5) is 0 Å². The third-order valence-corrected chi connectivity index (χ3v) is 4.85. The summed E-state index contributed by atoms with van der Waals surface area (Å²) in [5.41, 5.74) is 1.29. The zero-order valence-electron chi connectivity index (χ0n) is 13.4. The van der Waals surface area contributed by atoms with Gasteiger partial charge in [0.05, 0.1) is 5.41 Å². The molecule has 2 aromatic rings. The monoisotopic (exact) mass is 323 g/mol. The van der Waals surface area contributed by atoms with Crippen LogP contribution in [0.25, 0.3) is 0 Å². The Kier molecular flexibility index (Phi) is 4.65. The molecule has 1 aliphatic carbocycles. The van der Waals surface area contributed by atoms with Gasteiger partial charge < -0.3 is 10.4 Å². The molecule has 1 aliphatic rings. The summed E-state index contributed by atoms with van der Waals surface area (Å²) in [4.78, 5) is 24.5. The zero-order valence-corrected chi connectivity index (χ0v) is 13.4. The minimum Gasteiger partial charge on any atom is -0.480 e. The van der Waals surface area contributed by atoms with E-state index in [9.17, 15) is 14.7 Å². The van der Waals surface area contributed by atoms with Gasteiger partial charge in [0, 0.05) is 6.42 Å². The Hall–Kier alpha value is -2.62. The molecule has 0 bridgehead atoms. The normalized spacial score (nSPS) is 16.7. The third kappa shape index (κ3) is 3.18. The fourth-order valence-electron chi connectivity index (χ4n) is 3.28. The summed E-state index contributed by atoms with van der Waals surface area (Å²) in [7, 11) is 0. The van der Waals surface area contributed by atoms with E-state index in [4.69, 9.17) is 0 Å². The molecule has 4 nitrogen and oxygen atoms in total. The molecule has 1 amide bonds. The number of hydrogen-bond donors (Lipinski definition) is 2. The Balaban J connectivity index is 1.77. The van der Waals surface area contributed by atoms with Crippen LogP contribution in [0, 0.1) is 0 Å². The minimum absolute atomic E-state index is 0.178. The number of carbonyl (C=O) groups excluding carboxylic acids is 1. The van der Waals surface area contributed by atoms with Gasteiger partial charge in [-0.15, -0.1) is 0 Å². The summed E-state index contributed by atoms with van der Waals surface area (Å²) in [5, 5.41) is 12.3. The van der Waals surface area contributed by atoms with Crippen molar-refractivity contribution < 1.29 is 14.7 Å². The topological polar surface area (TPSA) is 66.4 Å². The maximum absolute atomic E-state index is 12.9. The second kappa shape index (κ2) is 6.87. The summed E-state index contributed by atoms with van der Waals surface area (Å²) in [6.45, 7) is 0. The average Bonchev–Trinajstić information content (AvgIpc) is 2.55. The highest BCUT2D eigenvalue weighted by molar-refractivity contribution is 5.92. The van der Waals surface area contributed by atoms with Gasteiger partial charge in [0.2, 0.25) is 5.91 Å². The smallest absolute Gasteiger partial charge is 0.326 e. The standard InChI is InChI=1S/C20H21NO3/c22-18(23)17(14-15-8-3-1-4-9-15)21-19(24)20(12-7-13-20)16-10-5-2-6-11-16/h1-6,8-11,17H,7,12-14H2,(H,21,24)(H,22,23). The van der Waals surface area contributed by atoms with Gasteiger partial charge in [0.25, 0.3) is 0 Å². The predicted octanol–water partition coefficient (Wildman–Crippen LogP) is 2.92. The second-order valence-corrected chi connectivity index (χ2v) is 6.36. The minimum atomic E-state index is -1.00. The number of nitrogens with one attached hydrogen (secondary N) is 1. The molecular weight excluding hydrogens is 302 g/mol. The lowest BCUT2D eigenvalue weighted by Crippen LogP contribution is -2.54. The van der Waals surface area contributed by atoms with Crippen LogP contribution in [-0.2, 0) is 21.4 Å². The SMILES string of the molecule is O=C(O)C(Cc1ccccc1)NC(=O)C1(c2ccccc2)CCC1. The highest BCUT2D eigenvalue weighted by Gasteiger charge is 2.46. The maximum Gasteiger partial charge on any atom is 0.326 e. The van der Waals surface area contributed by atoms with E-state index in [-0.39, 0.29) is 12.3 Å². The molecule has 1 fully saturated rings. The quantitative estimate of drug-likeness (QED) is 0.859. The first-order valence-corrected chi connectivity index (χ1v) is 8.25. The first kappa shape index (κ1) is 16.2. The van der Waals surface area contributed by atoms with Crippen molar-refractivity contribution in [2.24, 2.45) is 0 Å². The third-order valence-electron chi connectivity index (χ3n) is 4.85. The number of carbonyl (C=O) groups is 2. The molecule has 0 spiro atoms. The summed E-state index contributed by atoms with van der Waals surface area (Å²) in [6, 6.07) is 18.1. The van der Waals surface area contributed by atoms with Gasteiger partial charge in [-0.05, 0) is 24.0 Å². The van der Waals surface area contributed by atoms with E-state index in [1.807, 2.05) is 60.7 Å². The van der Waals surface area contributed by atoms with Crippen LogP contribution in [0.2, 0.25) is 0 Å². The summed E-state index contributed by atoms with van der Waals surface area (Å²) < 4.78 is 0. The van der Waals surface area contributed by atoms with E-state index in [0.29, 0.717) is 0 Å². The van der Waals surface area contributed by atoms with Gasteiger partial charge in [0.15, 0.2) is 0 Å². The van der Waals surface area contributed by atoms with Crippen LogP contribution in [0.15, 0.2) is 60.7 Å². The fraction of sp³-hybridized carbons (Fsp3) is 0.300. The first-order valence-electron chi connectivity index (χ1n) is 8.25. The lowest BCUT2D eigenvalue weighted by molar-refractivity contribution is -0.143. The number of amides is 1. The van der Waals surface area contributed by atoms with E-state index in [1.54, 1.807) is 0 Å². The molecule has 0 radical (unpaired) electrons. The van der Waals surface area contributed by atoms with E-state index in [0.717, 1.165) is 30.4 Å². The lowest BCUT2D eigenvalue weighted by Gasteiger charge is -2.41. The molecule has 3 rings (SSSR count). The number of carboxylic acids is 1. The number of rotatable bonds is 6. The van der Waals surface area contributed by atoms with Crippen molar-refractivity contribution in [3.8, 4) is 0 Å². The van der Waals surface area contributed by atoms with Crippen LogP contribution in [0.5, 0.6) is 0 Å². The van der Waals surface area contributed by atoms with Crippen LogP contribution in [0.1, 0.15) is 30.4 Å². The summed E-state index contributed by atoms with van der Waals surface area (Å²) in [5.74, 6) is -1.18. The zero-order chi connectivity index (χ0) is 17.0. The molecular formula is C20H21NO3. The number of carboxylic acid groups (broad SMARTS) is 1. The molecule has 124 valence electrons. The van der Waals surface area contributed by atoms with Gasteiger partial charge >= 0.3 is 5.97 Å². The molecule has 0 aliphatic heterocycles. The summed E-state index contributed by atoms with van der Waals surface area (Å²) in [6.07, 6.45) is 2.80. The Bertz CT molecular complexity index is 708. The number of benzene rings is 2.